The molecule has 2 nitrogen and oxygen atoms in total. The molecule has 0 aromatic heterocycles. The van der Waals surface area contributed by atoms with Gasteiger partial charge in [0.15, 0.2) is 0 Å². The molecular formula is C19H31NOSe. The fourth-order valence-corrected chi connectivity index (χ4v) is 4.26. The molecule has 0 N–H and O–H groups in total. The Morgan fingerprint density at radius 3 is 2.73 bits per heavy atom. The number of nitrogens with zero attached hydrogens (tertiary/aromatic N) is 1. The van der Waals surface area contributed by atoms with Crippen LogP contribution in [-0.2, 0) is 3.82 Å². The Morgan fingerprint density at radius 2 is 2.18 bits per heavy atom. The molecule has 0 heterocycles. The van der Waals surface area contributed by atoms with Crippen molar-refractivity contribution < 1.29 is 3.82 Å². The van der Waals surface area contributed by atoms with Gasteiger partial charge in [0.05, 0.1) is 0 Å². The summed E-state index contributed by atoms with van der Waals surface area (Å²) in [6.45, 7) is 12.7. The van der Waals surface area contributed by atoms with E-state index in [1.807, 2.05) is 6.08 Å². The molecule has 0 bridgehead atoms. The fourth-order valence-electron chi connectivity index (χ4n) is 2.25. The Kier molecular flexibility index (Phi) is 7.85. The zero-order valence-electron chi connectivity index (χ0n) is 14.9. The first-order valence-electron chi connectivity index (χ1n) is 7.96. The van der Waals surface area contributed by atoms with Crippen molar-refractivity contribution in [2.45, 2.75) is 52.2 Å². The summed E-state index contributed by atoms with van der Waals surface area (Å²) in [7, 11) is 4.27. The number of hydrogen-bond donors (Lipinski definition) is 0. The van der Waals surface area contributed by atoms with Crippen LogP contribution >= 0.6 is 0 Å². The number of hydrogen-bond acceptors (Lipinski definition) is 2. The molecule has 0 aromatic rings. The Hall–Kier alpha value is -0.601. The predicted octanol–water partition coefficient (Wildman–Crippen LogP) is 4.33. The Morgan fingerprint density at radius 1 is 1.50 bits per heavy atom. The summed E-state index contributed by atoms with van der Waals surface area (Å²) in [5.74, 6) is 0.474. The van der Waals surface area contributed by atoms with Gasteiger partial charge in [-0.05, 0) is 0 Å². The molecule has 0 radical (unpaired) electrons. The van der Waals surface area contributed by atoms with E-state index in [0.717, 1.165) is 12.8 Å². The van der Waals surface area contributed by atoms with Crippen molar-refractivity contribution >= 4 is 15.3 Å². The predicted molar refractivity (Wildman–Crippen MR) is 98.0 cm³/mol. The normalized spacial score (nSPS) is 21.4. The number of rotatable bonds is 9. The van der Waals surface area contributed by atoms with Crippen LogP contribution in [-0.4, -0.2) is 45.9 Å². The van der Waals surface area contributed by atoms with Crippen LogP contribution in [0.15, 0.2) is 47.0 Å². The van der Waals surface area contributed by atoms with Crippen molar-refractivity contribution in [3.63, 3.8) is 0 Å². The van der Waals surface area contributed by atoms with Gasteiger partial charge in [-0.3, -0.25) is 0 Å². The van der Waals surface area contributed by atoms with Crippen molar-refractivity contribution in [2.75, 3.05) is 14.1 Å². The molecular weight excluding hydrogens is 337 g/mol. The van der Waals surface area contributed by atoms with Gasteiger partial charge in [-0.2, -0.15) is 0 Å². The SMILES string of the molecule is C=C[C@](C)(CCC=C(C)C)O[Se]C1=CC=CC1[C@H](C)N(C)C. The molecule has 1 rings (SSSR count). The first-order valence-corrected chi connectivity index (χ1v) is 9.52. The van der Waals surface area contributed by atoms with Gasteiger partial charge in [0.2, 0.25) is 0 Å². The van der Waals surface area contributed by atoms with Crippen LogP contribution in [0.2, 0.25) is 0 Å². The van der Waals surface area contributed by atoms with E-state index in [1.165, 1.54) is 10.0 Å². The summed E-state index contributed by atoms with van der Waals surface area (Å²) < 4.78 is 7.71. The van der Waals surface area contributed by atoms with Crippen LogP contribution in [0.5, 0.6) is 0 Å². The third kappa shape index (κ3) is 5.89. The molecule has 0 saturated heterocycles. The zero-order valence-corrected chi connectivity index (χ0v) is 16.6. The maximum absolute atomic E-state index is 6.29. The molecule has 3 atom stereocenters. The third-order valence-corrected chi connectivity index (χ3v) is 6.43. The molecule has 0 saturated carbocycles. The second kappa shape index (κ2) is 8.88. The second-order valence-corrected chi connectivity index (χ2v) is 8.38. The van der Waals surface area contributed by atoms with E-state index in [1.54, 1.807) is 0 Å². The van der Waals surface area contributed by atoms with E-state index in [2.05, 4.69) is 77.6 Å². The zero-order chi connectivity index (χ0) is 16.8. The fraction of sp³-hybridized carbons (Fsp3) is 0.579. The van der Waals surface area contributed by atoms with Crippen molar-refractivity contribution in [2.24, 2.45) is 5.92 Å². The van der Waals surface area contributed by atoms with Crippen LogP contribution in [0.4, 0.5) is 0 Å². The van der Waals surface area contributed by atoms with Gasteiger partial charge in [-0.25, -0.2) is 0 Å². The van der Waals surface area contributed by atoms with Gasteiger partial charge in [0, 0.05) is 0 Å². The van der Waals surface area contributed by atoms with Gasteiger partial charge >= 0.3 is 143 Å². The van der Waals surface area contributed by atoms with Crippen LogP contribution in [0, 0.1) is 5.92 Å². The molecule has 22 heavy (non-hydrogen) atoms. The minimum atomic E-state index is -0.235. The average molecular weight is 368 g/mol. The van der Waals surface area contributed by atoms with E-state index in [9.17, 15) is 0 Å². The summed E-state index contributed by atoms with van der Waals surface area (Å²) in [6, 6.07) is 0.496. The van der Waals surface area contributed by atoms with Crippen molar-refractivity contribution in [3.05, 3.63) is 47.0 Å². The first-order chi connectivity index (χ1) is 10.3. The molecule has 0 fully saturated rings. The van der Waals surface area contributed by atoms with E-state index in [4.69, 9.17) is 3.82 Å². The second-order valence-electron chi connectivity index (χ2n) is 6.69. The van der Waals surface area contributed by atoms with E-state index < -0.39 is 0 Å². The quantitative estimate of drug-likeness (QED) is 0.444. The first kappa shape index (κ1) is 19.4. The van der Waals surface area contributed by atoms with E-state index >= 15 is 0 Å². The maximum atomic E-state index is 6.29. The summed E-state index contributed by atoms with van der Waals surface area (Å²) in [5.41, 5.74) is 1.13. The summed E-state index contributed by atoms with van der Waals surface area (Å²) in [5, 5.41) is 0. The standard InChI is InChI=1S/C19H31NOSe/c1-8-19(5,14-10-11-15(2)3)21-22-18-13-9-12-17(18)16(4)20(6)7/h8-9,11-13,16-17H,1,10,14H2,2-7H3/t16-,17?,19+/m0/s1. The summed E-state index contributed by atoms with van der Waals surface area (Å²) in [4.78, 5) is 2.27. The van der Waals surface area contributed by atoms with Gasteiger partial charge in [0.1, 0.15) is 0 Å². The van der Waals surface area contributed by atoms with Crippen LogP contribution in [0.25, 0.3) is 0 Å². The van der Waals surface area contributed by atoms with Crippen molar-refractivity contribution in [1.82, 2.24) is 4.90 Å². The minimum absolute atomic E-state index is 0.0480. The Balaban J connectivity index is 2.59. The third-order valence-electron chi connectivity index (χ3n) is 4.20. The molecule has 0 aromatic carbocycles. The van der Waals surface area contributed by atoms with Crippen molar-refractivity contribution in [3.8, 4) is 0 Å². The summed E-state index contributed by atoms with van der Waals surface area (Å²) in [6.07, 6.45) is 12.9. The van der Waals surface area contributed by atoms with Gasteiger partial charge < -0.3 is 0 Å². The van der Waals surface area contributed by atoms with Crippen LogP contribution in [0.3, 0.4) is 0 Å². The van der Waals surface area contributed by atoms with E-state index in [-0.39, 0.29) is 20.9 Å². The molecule has 124 valence electrons. The molecule has 0 amide bonds. The molecule has 0 aliphatic heterocycles. The van der Waals surface area contributed by atoms with Gasteiger partial charge in [-0.15, -0.1) is 0 Å². The van der Waals surface area contributed by atoms with Crippen LogP contribution < -0.4 is 0 Å². The van der Waals surface area contributed by atoms with Gasteiger partial charge in [-0.1, -0.05) is 0 Å². The van der Waals surface area contributed by atoms with Gasteiger partial charge in [0.25, 0.3) is 0 Å². The molecule has 1 aliphatic carbocycles. The topological polar surface area (TPSA) is 12.5 Å². The monoisotopic (exact) mass is 369 g/mol. The molecule has 1 aliphatic rings. The van der Waals surface area contributed by atoms with E-state index in [0.29, 0.717) is 12.0 Å². The number of allylic oxidation sites excluding steroid dienone is 4. The summed E-state index contributed by atoms with van der Waals surface area (Å²) >= 11 is 0.0480. The Labute approximate surface area is 143 Å². The average Bonchev–Trinajstić information content (AvgIpc) is 2.92. The Bertz CT molecular complexity index is 460. The molecule has 1 unspecified atom stereocenters. The van der Waals surface area contributed by atoms with Crippen LogP contribution in [0.1, 0.15) is 40.5 Å². The molecule has 3 heteroatoms. The van der Waals surface area contributed by atoms with Crippen molar-refractivity contribution in [1.29, 1.82) is 0 Å². The molecule has 0 spiro atoms.